The molecule has 2 aromatic carbocycles. The maximum absolute atomic E-state index is 5.56. The second-order valence-electron chi connectivity index (χ2n) is 4.54. The summed E-state index contributed by atoms with van der Waals surface area (Å²) in [4.78, 5) is 0. The first-order valence-electron chi connectivity index (χ1n) is 6.77. The van der Waals surface area contributed by atoms with Gasteiger partial charge in [-0.15, -0.1) is 0 Å². The van der Waals surface area contributed by atoms with Crippen LogP contribution in [0.15, 0.2) is 54.6 Å². The Balaban J connectivity index is 2.15. The third-order valence-electron chi connectivity index (χ3n) is 3.20. The van der Waals surface area contributed by atoms with Crippen molar-refractivity contribution in [2.75, 3.05) is 13.7 Å². The molecule has 0 fully saturated rings. The Morgan fingerprint density at radius 3 is 2.53 bits per heavy atom. The van der Waals surface area contributed by atoms with Crippen LogP contribution in [0.3, 0.4) is 0 Å². The van der Waals surface area contributed by atoms with Crippen molar-refractivity contribution in [3.8, 4) is 5.75 Å². The fourth-order valence-corrected chi connectivity index (χ4v) is 2.22. The first kappa shape index (κ1) is 13.6. The zero-order chi connectivity index (χ0) is 13.5. The lowest BCUT2D eigenvalue weighted by Gasteiger charge is -2.17. The normalized spacial score (nSPS) is 12.1. The van der Waals surface area contributed by atoms with Gasteiger partial charge < -0.3 is 10.1 Å². The molecule has 0 heterocycles. The molecule has 0 amide bonds. The van der Waals surface area contributed by atoms with Gasteiger partial charge in [-0.1, -0.05) is 42.5 Å². The van der Waals surface area contributed by atoms with E-state index in [4.69, 9.17) is 4.74 Å². The molecule has 0 aliphatic heterocycles. The third-order valence-corrected chi connectivity index (χ3v) is 3.20. The highest BCUT2D eigenvalue weighted by atomic mass is 16.5. The number of hydrogen-bond acceptors (Lipinski definition) is 2. The molecule has 2 aromatic rings. The minimum atomic E-state index is 0.308. The summed E-state index contributed by atoms with van der Waals surface area (Å²) in [6.45, 7) is 2.71. The molecule has 0 spiro atoms. The van der Waals surface area contributed by atoms with Crippen molar-refractivity contribution in [3.63, 3.8) is 0 Å². The van der Waals surface area contributed by atoms with Crippen molar-refractivity contribution in [2.45, 2.75) is 19.4 Å². The molecule has 2 nitrogen and oxygen atoms in total. The Hall–Kier alpha value is -1.80. The molecule has 2 heteroatoms. The summed E-state index contributed by atoms with van der Waals surface area (Å²) >= 11 is 0. The second kappa shape index (κ2) is 6.95. The molecule has 100 valence electrons. The van der Waals surface area contributed by atoms with Gasteiger partial charge in [0.1, 0.15) is 5.75 Å². The van der Waals surface area contributed by atoms with Gasteiger partial charge in [-0.3, -0.25) is 0 Å². The van der Waals surface area contributed by atoms with Crippen LogP contribution in [0.4, 0.5) is 0 Å². The van der Waals surface area contributed by atoms with E-state index in [1.54, 1.807) is 0 Å². The SMILES string of the molecule is CCOc1cccc([C@@H](Cc2ccccc2)NC)c1. The predicted molar refractivity (Wildman–Crippen MR) is 79.6 cm³/mol. The van der Waals surface area contributed by atoms with E-state index in [9.17, 15) is 0 Å². The summed E-state index contributed by atoms with van der Waals surface area (Å²) < 4.78 is 5.56. The van der Waals surface area contributed by atoms with Crippen molar-refractivity contribution in [2.24, 2.45) is 0 Å². The molecule has 1 N–H and O–H groups in total. The van der Waals surface area contributed by atoms with Gasteiger partial charge in [-0.25, -0.2) is 0 Å². The Morgan fingerprint density at radius 2 is 1.84 bits per heavy atom. The van der Waals surface area contributed by atoms with E-state index >= 15 is 0 Å². The van der Waals surface area contributed by atoms with Crippen molar-refractivity contribution in [1.82, 2.24) is 5.32 Å². The van der Waals surface area contributed by atoms with Crippen LogP contribution < -0.4 is 10.1 Å². The molecule has 2 rings (SSSR count). The average Bonchev–Trinajstić information content (AvgIpc) is 2.46. The zero-order valence-electron chi connectivity index (χ0n) is 11.6. The standard InChI is InChI=1S/C17H21NO/c1-3-19-16-11-7-10-15(13-16)17(18-2)12-14-8-5-4-6-9-14/h4-11,13,17-18H,3,12H2,1-2H3/t17-/m1/s1. The average molecular weight is 255 g/mol. The molecule has 0 radical (unpaired) electrons. The summed E-state index contributed by atoms with van der Waals surface area (Å²) in [6.07, 6.45) is 0.979. The molecule has 0 aromatic heterocycles. The zero-order valence-corrected chi connectivity index (χ0v) is 11.6. The number of likely N-dealkylation sites (N-methyl/N-ethyl adjacent to an activating group) is 1. The monoisotopic (exact) mass is 255 g/mol. The number of ether oxygens (including phenoxy) is 1. The van der Waals surface area contributed by atoms with Crippen LogP contribution >= 0.6 is 0 Å². The summed E-state index contributed by atoms with van der Waals surface area (Å²) in [5.74, 6) is 0.938. The highest BCUT2D eigenvalue weighted by Crippen LogP contribution is 2.22. The van der Waals surface area contributed by atoms with Gasteiger partial charge in [0.05, 0.1) is 6.61 Å². The predicted octanol–water partition coefficient (Wildman–Crippen LogP) is 3.59. The summed E-state index contributed by atoms with van der Waals surface area (Å²) in [5, 5.41) is 3.38. The van der Waals surface area contributed by atoms with Crippen molar-refractivity contribution < 1.29 is 4.74 Å². The van der Waals surface area contributed by atoms with E-state index in [1.807, 2.05) is 26.1 Å². The van der Waals surface area contributed by atoms with Gasteiger partial charge in [-0.2, -0.15) is 0 Å². The minimum Gasteiger partial charge on any atom is -0.494 e. The van der Waals surface area contributed by atoms with E-state index in [2.05, 4.69) is 47.8 Å². The van der Waals surface area contributed by atoms with Gasteiger partial charge in [0.25, 0.3) is 0 Å². The van der Waals surface area contributed by atoms with Crippen molar-refractivity contribution >= 4 is 0 Å². The Kier molecular flexibility index (Phi) is 4.99. The van der Waals surface area contributed by atoms with Crippen LogP contribution in [-0.2, 0) is 6.42 Å². The Labute approximate surface area is 115 Å². The highest BCUT2D eigenvalue weighted by Gasteiger charge is 2.10. The van der Waals surface area contributed by atoms with Crippen LogP contribution in [0.1, 0.15) is 24.1 Å². The van der Waals surface area contributed by atoms with Gasteiger partial charge in [-0.05, 0) is 43.7 Å². The lowest BCUT2D eigenvalue weighted by molar-refractivity contribution is 0.339. The number of nitrogens with one attached hydrogen (secondary N) is 1. The summed E-state index contributed by atoms with van der Waals surface area (Å²) in [5.41, 5.74) is 2.60. The lowest BCUT2D eigenvalue weighted by Crippen LogP contribution is -2.18. The Morgan fingerprint density at radius 1 is 1.05 bits per heavy atom. The minimum absolute atomic E-state index is 0.308. The number of benzene rings is 2. The molecule has 19 heavy (non-hydrogen) atoms. The van der Waals surface area contributed by atoms with Gasteiger partial charge in [0.15, 0.2) is 0 Å². The lowest BCUT2D eigenvalue weighted by atomic mass is 9.99. The van der Waals surface area contributed by atoms with E-state index in [0.29, 0.717) is 12.6 Å². The quantitative estimate of drug-likeness (QED) is 0.851. The summed E-state index contributed by atoms with van der Waals surface area (Å²) in [6, 6.07) is 19.2. The van der Waals surface area contributed by atoms with Crippen LogP contribution in [-0.4, -0.2) is 13.7 Å². The van der Waals surface area contributed by atoms with Crippen LogP contribution in [0, 0.1) is 0 Å². The molecular formula is C17H21NO. The number of rotatable bonds is 6. The third kappa shape index (κ3) is 3.83. The fraction of sp³-hybridized carbons (Fsp3) is 0.294. The van der Waals surface area contributed by atoms with Crippen molar-refractivity contribution in [1.29, 1.82) is 0 Å². The van der Waals surface area contributed by atoms with E-state index in [0.717, 1.165) is 12.2 Å². The van der Waals surface area contributed by atoms with E-state index in [1.165, 1.54) is 11.1 Å². The van der Waals surface area contributed by atoms with E-state index < -0.39 is 0 Å². The fourth-order valence-electron chi connectivity index (χ4n) is 2.22. The summed E-state index contributed by atoms with van der Waals surface area (Å²) in [7, 11) is 2.00. The molecule has 0 aliphatic carbocycles. The van der Waals surface area contributed by atoms with Crippen molar-refractivity contribution in [3.05, 3.63) is 65.7 Å². The first-order chi connectivity index (χ1) is 9.33. The molecule has 0 aliphatic rings. The molecule has 1 atom stereocenters. The molecule has 0 saturated heterocycles. The van der Waals surface area contributed by atoms with Crippen LogP contribution in [0.25, 0.3) is 0 Å². The van der Waals surface area contributed by atoms with Crippen LogP contribution in [0.2, 0.25) is 0 Å². The highest BCUT2D eigenvalue weighted by molar-refractivity contribution is 5.32. The molecule has 0 saturated carbocycles. The maximum atomic E-state index is 5.56. The molecular weight excluding hydrogens is 234 g/mol. The Bertz CT molecular complexity index is 496. The van der Waals surface area contributed by atoms with Gasteiger partial charge >= 0.3 is 0 Å². The van der Waals surface area contributed by atoms with Crippen LogP contribution in [0.5, 0.6) is 5.75 Å². The number of hydrogen-bond donors (Lipinski definition) is 1. The smallest absolute Gasteiger partial charge is 0.119 e. The maximum Gasteiger partial charge on any atom is 0.119 e. The van der Waals surface area contributed by atoms with E-state index in [-0.39, 0.29) is 0 Å². The van der Waals surface area contributed by atoms with Gasteiger partial charge in [0.2, 0.25) is 0 Å². The molecule has 0 unspecified atom stereocenters. The van der Waals surface area contributed by atoms with Gasteiger partial charge in [0, 0.05) is 6.04 Å². The molecule has 0 bridgehead atoms. The second-order valence-corrected chi connectivity index (χ2v) is 4.54. The first-order valence-corrected chi connectivity index (χ1v) is 6.77. The topological polar surface area (TPSA) is 21.3 Å². The largest absolute Gasteiger partial charge is 0.494 e.